The fraction of sp³-hybridized carbons (Fsp3) is 0.350. The molecule has 1 saturated carbocycles. The summed E-state index contributed by atoms with van der Waals surface area (Å²) in [5.74, 6) is 1.99. The number of aromatic nitrogens is 4. The number of benzene rings is 1. The standard InChI is InChI=1S/C20H23N5O/c26-18-11-16(13-25-9-8-21-14-25)10-17(18)23-19-6-7-22-20(24-19)12-15-4-2-1-3-5-15/h1-9,14,16-18,26H,10-13H2,(H,22,23,24)/t16?,17-,18-/m1/s1. The van der Waals surface area contributed by atoms with Crippen molar-refractivity contribution >= 4 is 5.82 Å². The van der Waals surface area contributed by atoms with Crippen molar-refractivity contribution in [2.24, 2.45) is 5.92 Å². The molecule has 0 aliphatic heterocycles. The van der Waals surface area contributed by atoms with Gasteiger partial charge in [-0.2, -0.15) is 0 Å². The van der Waals surface area contributed by atoms with Crippen molar-refractivity contribution in [1.29, 1.82) is 0 Å². The maximum Gasteiger partial charge on any atom is 0.135 e. The van der Waals surface area contributed by atoms with Gasteiger partial charge in [-0.05, 0) is 30.4 Å². The van der Waals surface area contributed by atoms with Crippen molar-refractivity contribution in [2.75, 3.05) is 5.32 Å². The third-order valence-corrected chi connectivity index (χ3v) is 4.90. The number of nitrogens with zero attached hydrogens (tertiary/aromatic N) is 4. The third-order valence-electron chi connectivity index (χ3n) is 4.90. The van der Waals surface area contributed by atoms with Crippen molar-refractivity contribution in [1.82, 2.24) is 19.5 Å². The molecule has 0 saturated heterocycles. The Labute approximate surface area is 153 Å². The van der Waals surface area contributed by atoms with Crippen LogP contribution < -0.4 is 5.32 Å². The number of imidazole rings is 1. The number of rotatable bonds is 6. The van der Waals surface area contributed by atoms with Gasteiger partial charge in [0.1, 0.15) is 11.6 Å². The molecular weight excluding hydrogens is 326 g/mol. The molecule has 4 rings (SSSR count). The highest BCUT2D eigenvalue weighted by Gasteiger charge is 2.33. The molecule has 0 spiro atoms. The summed E-state index contributed by atoms with van der Waals surface area (Å²) in [6, 6.07) is 12.1. The van der Waals surface area contributed by atoms with Crippen LogP contribution >= 0.6 is 0 Å². The van der Waals surface area contributed by atoms with Crippen molar-refractivity contribution in [3.8, 4) is 0 Å². The predicted molar refractivity (Wildman–Crippen MR) is 99.6 cm³/mol. The van der Waals surface area contributed by atoms with Crippen LogP contribution in [0.1, 0.15) is 24.2 Å². The minimum atomic E-state index is -0.365. The summed E-state index contributed by atoms with van der Waals surface area (Å²) in [6.07, 6.45) is 9.40. The normalized spacial score (nSPS) is 22.4. The zero-order chi connectivity index (χ0) is 17.8. The molecular formula is C20H23N5O. The molecule has 0 amide bonds. The molecule has 1 aromatic carbocycles. The van der Waals surface area contributed by atoms with Crippen LogP contribution in [0, 0.1) is 5.92 Å². The molecule has 26 heavy (non-hydrogen) atoms. The minimum absolute atomic E-state index is 0.0167. The lowest BCUT2D eigenvalue weighted by Crippen LogP contribution is -2.28. The van der Waals surface area contributed by atoms with E-state index in [0.717, 1.165) is 31.0 Å². The van der Waals surface area contributed by atoms with Gasteiger partial charge in [0.25, 0.3) is 0 Å². The summed E-state index contributed by atoms with van der Waals surface area (Å²) >= 11 is 0. The Balaban J connectivity index is 1.38. The Bertz CT molecular complexity index is 821. The smallest absolute Gasteiger partial charge is 0.135 e. The second kappa shape index (κ2) is 7.66. The molecule has 0 radical (unpaired) electrons. The first-order valence-electron chi connectivity index (χ1n) is 9.02. The molecule has 0 bridgehead atoms. The highest BCUT2D eigenvalue weighted by Crippen LogP contribution is 2.29. The van der Waals surface area contributed by atoms with Crippen molar-refractivity contribution in [3.63, 3.8) is 0 Å². The van der Waals surface area contributed by atoms with E-state index < -0.39 is 0 Å². The van der Waals surface area contributed by atoms with Gasteiger partial charge >= 0.3 is 0 Å². The summed E-state index contributed by atoms with van der Waals surface area (Å²) in [5.41, 5.74) is 1.19. The molecule has 1 aliphatic rings. The first-order valence-corrected chi connectivity index (χ1v) is 9.02. The molecule has 1 fully saturated rings. The quantitative estimate of drug-likeness (QED) is 0.715. The largest absolute Gasteiger partial charge is 0.391 e. The highest BCUT2D eigenvalue weighted by molar-refractivity contribution is 5.36. The number of aliphatic hydroxyl groups excluding tert-OH is 1. The Kier molecular flexibility index (Phi) is 4.93. The fourth-order valence-corrected chi connectivity index (χ4v) is 3.65. The first-order chi connectivity index (χ1) is 12.8. The van der Waals surface area contributed by atoms with E-state index in [4.69, 9.17) is 0 Å². The van der Waals surface area contributed by atoms with Gasteiger partial charge in [0.05, 0.1) is 18.5 Å². The third kappa shape index (κ3) is 4.08. The molecule has 2 N–H and O–H groups in total. The van der Waals surface area contributed by atoms with Crippen LogP contribution in [0.4, 0.5) is 5.82 Å². The molecule has 2 heterocycles. The van der Waals surface area contributed by atoms with E-state index in [9.17, 15) is 5.11 Å². The summed E-state index contributed by atoms with van der Waals surface area (Å²) in [6.45, 7) is 0.887. The molecule has 1 unspecified atom stereocenters. The topological polar surface area (TPSA) is 75.9 Å². The van der Waals surface area contributed by atoms with Gasteiger partial charge in [-0.25, -0.2) is 15.0 Å². The molecule has 6 heteroatoms. The summed E-state index contributed by atoms with van der Waals surface area (Å²) in [5, 5.41) is 13.8. The van der Waals surface area contributed by atoms with E-state index in [2.05, 4.69) is 37.0 Å². The average molecular weight is 349 g/mol. The van der Waals surface area contributed by atoms with Gasteiger partial charge in [0.15, 0.2) is 0 Å². The highest BCUT2D eigenvalue weighted by atomic mass is 16.3. The number of anilines is 1. The van der Waals surface area contributed by atoms with E-state index in [1.54, 1.807) is 12.4 Å². The Morgan fingerprint density at radius 3 is 2.81 bits per heavy atom. The average Bonchev–Trinajstić information content (AvgIpc) is 3.27. The molecule has 1 aliphatic carbocycles. The van der Waals surface area contributed by atoms with Crippen LogP contribution in [0.15, 0.2) is 61.3 Å². The molecule has 6 nitrogen and oxygen atoms in total. The lowest BCUT2D eigenvalue weighted by atomic mass is 10.1. The number of hydrogen-bond acceptors (Lipinski definition) is 5. The van der Waals surface area contributed by atoms with E-state index >= 15 is 0 Å². The van der Waals surface area contributed by atoms with E-state index in [-0.39, 0.29) is 12.1 Å². The molecule has 134 valence electrons. The monoisotopic (exact) mass is 349 g/mol. The summed E-state index contributed by atoms with van der Waals surface area (Å²) in [7, 11) is 0. The SMILES string of the molecule is O[C@@H]1CC(Cn2ccnc2)C[C@H]1Nc1ccnc(Cc2ccccc2)n1. The van der Waals surface area contributed by atoms with E-state index in [1.807, 2.05) is 36.8 Å². The van der Waals surface area contributed by atoms with Crippen LogP contribution in [0.2, 0.25) is 0 Å². The van der Waals surface area contributed by atoms with Crippen LogP contribution in [-0.4, -0.2) is 36.8 Å². The zero-order valence-corrected chi connectivity index (χ0v) is 14.6. The second-order valence-corrected chi connectivity index (χ2v) is 6.94. The van der Waals surface area contributed by atoms with Gasteiger partial charge < -0.3 is 15.0 Å². The van der Waals surface area contributed by atoms with Crippen molar-refractivity contribution in [3.05, 3.63) is 72.7 Å². The zero-order valence-electron chi connectivity index (χ0n) is 14.6. The fourth-order valence-electron chi connectivity index (χ4n) is 3.65. The maximum absolute atomic E-state index is 10.4. The lowest BCUT2D eigenvalue weighted by Gasteiger charge is -2.17. The first kappa shape index (κ1) is 16.7. The Morgan fingerprint density at radius 1 is 1.12 bits per heavy atom. The molecule has 2 aromatic heterocycles. The summed E-state index contributed by atoms with van der Waals surface area (Å²) < 4.78 is 2.07. The Morgan fingerprint density at radius 2 is 2.00 bits per heavy atom. The second-order valence-electron chi connectivity index (χ2n) is 6.94. The van der Waals surface area contributed by atoms with Crippen molar-refractivity contribution in [2.45, 2.75) is 38.0 Å². The minimum Gasteiger partial charge on any atom is -0.391 e. The summed E-state index contributed by atoms with van der Waals surface area (Å²) in [4.78, 5) is 13.1. The van der Waals surface area contributed by atoms with Gasteiger partial charge in [-0.3, -0.25) is 0 Å². The number of hydrogen-bond donors (Lipinski definition) is 2. The van der Waals surface area contributed by atoms with Crippen LogP contribution in [0.25, 0.3) is 0 Å². The van der Waals surface area contributed by atoms with Crippen LogP contribution in [-0.2, 0) is 13.0 Å². The predicted octanol–water partition coefficient (Wildman–Crippen LogP) is 2.52. The maximum atomic E-state index is 10.4. The Hall–Kier alpha value is -2.73. The number of nitrogens with one attached hydrogen (secondary N) is 1. The van der Waals surface area contributed by atoms with Gasteiger partial charge in [-0.15, -0.1) is 0 Å². The van der Waals surface area contributed by atoms with E-state index in [1.165, 1.54) is 5.56 Å². The molecule has 3 atom stereocenters. The van der Waals surface area contributed by atoms with Gasteiger partial charge in [0, 0.05) is 31.6 Å². The van der Waals surface area contributed by atoms with Crippen molar-refractivity contribution < 1.29 is 5.11 Å². The van der Waals surface area contributed by atoms with Gasteiger partial charge in [0.2, 0.25) is 0 Å². The van der Waals surface area contributed by atoms with Gasteiger partial charge in [-0.1, -0.05) is 30.3 Å². The van der Waals surface area contributed by atoms with E-state index in [0.29, 0.717) is 12.3 Å². The molecule has 3 aromatic rings. The van der Waals surface area contributed by atoms with Crippen LogP contribution in [0.3, 0.4) is 0 Å². The number of aliphatic hydroxyl groups is 1. The van der Waals surface area contributed by atoms with Crippen LogP contribution in [0.5, 0.6) is 0 Å². The lowest BCUT2D eigenvalue weighted by molar-refractivity contribution is 0.166.